The number of aliphatic hydroxyl groups excluding tert-OH is 2. The summed E-state index contributed by atoms with van der Waals surface area (Å²) >= 11 is 0. The first kappa shape index (κ1) is 16.4. The molecule has 2 saturated heterocycles. The third kappa shape index (κ3) is 3.13. The van der Waals surface area contributed by atoms with E-state index in [1.54, 1.807) is 0 Å². The fourth-order valence-electron chi connectivity index (χ4n) is 3.79. The number of carbonyl (C=O) groups is 1. The highest BCUT2D eigenvalue weighted by Crippen LogP contribution is 2.35. The number of amides is 1. The zero-order chi connectivity index (χ0) is 16.6. The average molecular weight is 319 g/mol. The number of carbonyl (C=O) groups excluding carboxylic acids is 1. The summed E-state index contributed by atoms with van der Waals surface area (Å²) in [7, 11) is 0. The molecule has 1 aromatic carbocycles. The molecule has 1 amide bonds. The van der Waals surface area contributed by atoms with Gasteiger partial charge in [0.2, 0.25) is 0 Å². The Kier molecular flexibility index (Phi) is 4.45. The van der Waals surface area contributed by atoms with Crippen molar-refractivity contribution in [2.24, 2.45) is 0 Å². The number of ether oxygens (including phenoxy) is 1. The average Bonchev–Trinajstić information content (AvgIpc) is 2.52. The molecule has 126 valence electrons. The van der Waals surface area contributed by atoms with Gasteiger partial charge >= 0.3 is 0 Å². The number of rotatable bonds is 1. The Morgan fingerprint density at radius 3 is 2.39 bits per heavy atom. The molecule has 2 aliphatic rings. The predicted molar refractivity (Wildman–Crippen MR) is 86.4 cm³/mol. The lowest BCUT2D eigenvalue weighted by Gasteiger charge is -2.48. The van der Waals surface area contributed by atoms with Gasteiger partial charge in [-0.25, -0.2) is 0 Å². The number of nitrogens with zero attached hydrogens (tertiary/aromatic N) is 1. The highest BCUT2D eigenvalue weighted by Gasteiger charge is 2.48. The van der Waals surface area contributed by atoms with Crippen LogP contribution in [-0.2, 0) is 4.74 Å². The second-order valence-electron chi connectivity index (χ2n) is 6.88. The zero-order valence-electron chi connectivity index (χ0n) is 13.8. The van der Waals surface area contributed by atoms with Crippen LogP contribution in [0.25, 0.3) is 0 Å². The summed E-state index contributed by atoms with van der Waals surface area (Å²) in [5.74, 6) is 0.0255. The topological polar surface area (TPSA) is 70.0 Å². The molecule has 23 heavy (non-hydrogen) atoms. The predicted octanol–water partition coefficient (Wildman–Crippen LogP) is 1.42. The van der Waals surface area contributed by atoms with Crippen LogP contribution in [0.2, 0.25) is 0 Å². The van der Waals surface area contributed by atoms with Gasteiger partial charge in [0.1, 0.15) is 6.10 Å². The van der Waals surface area contributed by atoms with Gasteiger partial charge in [-0.3, -0.25) is 4.79 Å². The van der Waals surface area contributed by atoms with Crippen LogP contribution < -0.4 is 0 Å². The minimum absolute atomic E-state index is 0.0255. The summed E-state index contributed by atoms with van der Waals surface area (Å²) in [5, 5.41) is 20.2. The van der Waals surface area contributed by atoms with Crippen LogP contribution in [0.4, 0.5) is 0 Å². The smallest absolute Gasteiger partial charge is 0.253 e. The van der Waals surface area contributed by atoms with E-state index in [9.17, 15) is 15.0 Å². The van der Waals surface area contributed by atoms with E-state index >= 15 is 0 Å². The van der Waals surface area contributed by atoms with Gasteiger partial charge in [0.25, 0.3) is 5.91 Å². The summed E-state index contributed by atoms with van der Waals surface area (Å²) in [6, 6.07) is 5.88. The van der Waals surface area contributed by atoms with Crippen LogP contribution >= 0.6 is 0 Å². The van der Waals surface area contributed by atoms with Crippen LogP contribution in [0.1, 0.15) is 40.7 Å². The number of benzene rings is 1. The Morgan fingerprint density at radius 2 is 1.78 bits per heavy atom. The van der Waals surface area contributed by atoms with Gasteiger partial charge < -0.3 is 19.8 Å². The lowest BCUT2D eigenvalue weighted by molar-refractivity contribution is -0.212. The van der Waals surface area contributed by atoms with Crippen molar-refractivity contribution < 1.29 is 19.7 Å². The molecule has 0 aliphatic carbocycles. The molecule has 0 unspecified atom stereocenters. The van der Waals surface area contributed by atoms with E-state index in [1.807, 2.05) is 30.9 Å². The third-order valence-corrected chi connectivity index (χ3v) is 5.07. The number of likely N-dealkylation sites (tertiary alicyclic amines) is 1. The Labute approximate surface area is 136 Å². The zero-order valence-corrected chi connectivity index (χ0v) is 13.8. The highest BCUT2D eigenvalue weighted by atomic mass is 16.5. The Balaban J connectivity index is 1.70. The number of piperidine rings is 1. The summed E-state index contributed by atoms with van der Waals surface area (Å²) in [6.45, 7) is 5.51. The molecule has 2 heterocycles. The molecule has 2 N–H and O–H groups in total. The van der Waals surface area contributed by atoms with Crippen molar-refractivity contribution in [2.75, 3.05) is 19.7 Å². The van der Waals surface area contributed by atoms with Crippen LogP contribution in [0, 0.1) is 13.8 Å². The lowest BCUT2D eigenvalue weighted by atomic mass is 9.80. The van der Waals surface area contributed by atoms with E-state index in [2.05, 4.69) is 6.07 Å². The van der Waals surface area contributed by atoms with Crippen molar-refractivity contribution in [3.8, 4) is 0 Å². The minimum atomic E-state index is -0.866. The maximum Gasteiger partial charge on any atom is 0.253 e. The molecule has 0 bridgehead atoms. The van der Waals surface area contributed by atoms with Gasteiger partial charge in [-0.1, -0.05) is 17.2 Å². The number of aryl methyl sites for hydroxylation is 2. The molecule has 0 aromatic heterocycles. The number of aliphatic hydroxyl groups is 2. The molecule has 0 saturated carbocycles. The van der Waals surface area contributed by atoms with Crippen LogP contribution in [0.5, 0.6) is 0 Å². The SMILES string of the molecule is Cc1cc(C)cc(C(=O)N2CCC3(CC2)OCC[C@H](O)[C@@H]3O)c1. The first-order chi connectivity index (χ1) is 10.9. The molecule has 5 nitrogen and oxygen atoms in total. The maximum atomic E-state index is 12.7. The highest BCUT2D eigenvalue weighted by molar-refractivity contribution is 5.94. The van der Waals surface area contributed by atoms with Crippen molar-refractivity contribution >= 4 is 5.91 Å². The Morgan fingerprint density at radius 1 is 1.17 bits per heavy atom. The van der Waals surface area contributed by atoms with Gasteiger partial charge in [0, 0.05) is 18.7 Å². The molecule has 2 fully saturated rings. The van der Waals surface area contributed by atoms with Crippen LogP contribution in [0.15, 0.2) is 18.2 Å². The van der Waals surface area contributed by atoms with Gasteiger partial charge in [0.05, 0.1) is 18.3 Å². The second-order valence-corrected chi connectivity index (χ2v) is 6.88. The van der Waals surface area contributed by atoms with E-state index < -0.39 is 17.8 Å². The van der Waals surface area contributed by atoms with Crippen molar-refractivity contribution in [1.29, 1.82) is 0 Å². The fraction of sp³-hybridized carbons (Fsp3) is 0.611. The van der Waals surface area contributed by atoms with E-state index in [1.165, 1.54) is 0 Å². The first-order valence-electron chi connectivity index (χ1n) is 8.29. The number of hydrogen-bond acceptors (Lipinski definition) is 4. The Bertz CT molecular complexity index is 572. The molecule has 3 rings (SSSR count). The molecule has 1 aromatic rings. The van der Waals surface area contributed by atoms with Gasteiger partial charge in [-0.2, -0.15) is 0 Å². The number of hydrogen-bond donors (Lipinski definition) is 2. The van der Waals surface area contributed by atoms with Gasteiger partial charge in [-0.15, -0.1) is 0 Å². The van der Waals surface area contributed by atoms with E-state index in [0.29, 0.717) is 44.5 Å². The maximum absolute atomic E-state index is 12.7. The quantitative estimate of drug-likeness (QED) is 0.821. The van der Waals surface area contributed by atoms with Crippen molar-refractivity contribution in [3.63, 3.8) is 0 Å². The van der Waals surface area contributed by atoms with Crippen molar-refractivity contribution in [3.05, 3.63) is 34.9 Å². The molecule has 1 spiro atoms. The van der Waals surface area contributed by atoms with E-state index in [0.717, 1.165) is 11.1 Å². The third-order valence-electron chi connectivity index (χ3n) is 5.07. The van der Waals surface area contributed by atoms with Crippen LogP contribution in [0.3, 0.4) is 0 Å². The lowest BCUT2D eigenvalue weighted by Crippen LogP contribution is -2.60. The largest absolute Gasteiger partial charge is 0.390 e. The summed E-state index contributed by atoms with van der Waals surface area (Å²) < 4.78 is 5.81. The molecular formula is C18H25NO4. The summed E-state index contributed by atoms with van der Waals surface area (Å²) in [5.41, 5.74) is 2.17. The van der Waals surface area contributed by atoms with E-state index in [4.69, 9.17) is 4.74 Å². The second kappa shape index (κ2) is 6.23. The standard InChI is InChI=1S/C18H25NO4/c1-12-9-13(2)11-14(10-12)17(22)19-6-4-18(5-7-19)16(21)15(20)3-8-23-18/h9-11,15-16,20-21H,3-8H2,1-2H3/t15-,16-/m0/s1. The minimum Gasteiger partial charge on any atom is -0.390 e. The monoisotopic (exact) mass is 319 g/mol. The molecular weight excluding hydrogens is 294 g/mol. The molecule has 5 heteroatoms. The van der Waals surface area contributed by atoms with Crippen molar-refractivity contribution in [2.45, 2.75) is 50.9 Å². The summed E-state index contributed by atoms with van der Waals surface area (Å²) in [4.78, 5) is 14.5. The van der Waals surface area contributed by atoms with Crippen molar-refractivity contribution in [1.82, 2.24) is 4.90 Å². The summed E-state index contributed by atoms with van der Waals surface area (Å²) in [6.07, 6.45) is -0.0161. The van der Waals surface area contributed by atoms with Gasteiger partial charge in [-0.05, 0) is 45.2 Å². The van der Waals surface area contributed by atoms with Gasteiger partial charge in [0.15, 0.2) is 0 Å². The molecule has 0 radical (unpaired) electrons. The Hall–Kier alpha value is -1.43. The molecule has 2 aliphatic heterocycles. The van der Waals surface area contributed by atoms with E-state index in [-0.39, 0.29) is 5.91 Å². The first-order valence-corrected chi connectivity index (χ1v) is 8.29. The van der Waals surface area contributed by atoms with Crippen LogP contribution in [-0.4, -0.2) is 58.5 Å². The fourth-order valence-corrected chi connectivity index (χ4v) is 3.79. The molecule has 2 atom stereocenters. The normalized spacial score (nSPS) is 27.2.